The number of primary amides is 1. The summed E-state index contributed by atoms with van der Waals surface area (Å²) < 4.78 is 27.5. The van der Waals surface area contributed by atoms with Gasteiger partial charge < -0.3 is 11.1 Å². The minimum atomic E-state index is -0.633. The molecule has 0 spiro atoms. The van der Waals surface area contributed by atoms with E-state index in [1.807, 2.05) is 0 Å². The lowest BCUT2D eigenvalue weighted by atomic mass is 10.1. The zero-order valence-electron chi connectivity index (χ0n) is 10.3. The fraction of sp³-hybridized carbons (Fsp3) is 0.0714. The summed E-state index contributed by atoms with van der Waals surface area (Å²) in [5.41, 5.74) is 6.07. The molecule has 2 aromatic carbocycles. The molecular formula is C14H11BrF2N2O. The van der Waals surface area contributed by atoms with Crippen LogP contribution in [0.1, 0.15) is 15.9 Å². The number of amides is 1. The number of hydrogen-bond donors (Lipinski definition) is 2. The largest absolute Gasteiger partial charge is 0.381 e. The zero-order chi connectivity index (χ0) is 14.7. The molecule has 0 saturated carbocycles. The summed E-state index contributed by atoms with van der Waals surface area (Å²) in [6.07, 6.45) is 0. The van der Waals surface area contributed by atoms with E-state index in [-0.39, 0.29) is 16.6 Å². The molecule has 0 saturated heterocycles. The number of carbonyl (C=O) groups excluding carboxylic acids is 1. The molecule has 6 heteroatoms. The van der Waals surface area contributed by atoms with Crippen LogP contribution in [0.2, 0.25) is 0 Å². The lowest BCUT2D eigenvalue weighted by Gasteiger charge is -2.09. The molecule has 0 aliphatic rings. The summed E-state index contributed by atoms with van der Waals surface area (Å²) in [6, 6.07) is 8.83. The first-order valence-electron chi connectivity index (χ1n) is 5.75. The molecule has 0 unspecified atom stereocenters. The molecular weight excluding hydrogens is 330 g/mol. The second-order valence-corrected chi connectivity index (χ2v) is 4.97. The minimum Gasteiger partial charge on any atom is -0.381 e. The molecule has 0 fully saturated rings. The van der Waals surface area contributed by atoms with Gasteiger partial charge in [0.2, 0.25) is 5.91 Å². The average Bonchev–Trinajstić information content (AvgIpc) is 2.43. The first kappa shape index (κ1) is 14.5. The van der Waals surface area contributed by atoms with E-state index in [0.717, 1.165) is 0 Å². The van der Waals surface area contributed by atoms with E-state index in [1.165, 1.54) is 24.3 Å². The van der Waals surface area contributed by atoms with Gasteiger partial charge in [-0.3, -0.25) is 4.79 Å². The molecule has 0 aromatic heterocycles. The number of nitrogens with one attached hydrogen (secondary N) is 1. The van der Waals surface area contributed by atoms with E-state index >= 15 is 0 Å². The van der Waals surface area contributed by atoms with Gasteiger partial charge in [-0.05, 0) is 52.3 Å². The maximum Gasteiger partial charge on any atom is 0.248 e. The van der Waals surface area contributed by atoms with Crippen LogP contribution in [0, 0.1) is 11.6 Å². The van der Waals surface area contributed by atoms with Crippen molar-refractivity contribution in [3.05, 3.63) is 63.6 Å². The van der Waals surface area contributed by atoms with Crippen molar-refractivity contribution in [1.29, 1.82) is 0 Å². The molecule has 0 radical (unpaired) electrons. The molecule has 0 atom stereocenters. The van der Waals surface area contributed by atoms with Crippen molar-refractivity contribution in [3.63, 3.8) is 0 Å². The molecule has 2 rings (SSSR count). The predicted octanol–water partition coefficient (Wildman–Crippen LogP) is 3.44. The van der Waals surface area contributed by atoms with E-state index in [1.54, 1.807) is 12.1 Å². The predicted molar refractivity (Wildman–Crippen MR) is 76.3 cm³/mol. The second kappa shape index (κ2) is 6.00. The lowest BCUT2D eigenvalue weighted by Crippen LogP contribution is -2.11. The summed E-state index contributed by atoms with van der Waals surface area (Å²) in [5, 5.41) is 2.88. The quantitative estimate of drug-likeness (QED) is 0.837. The van der Waals surface area contributed by atoms with Crippen molar-refractivity contribution in [2.24, 2.45) is 5.73 Å². The van der Waals surface area contributed by atoms with Gasteiger partial charge in [0.1, 0.15) is 11.6 Å². The van der Waals surface area contributed by atoms with E-state index in [2.05, 4.69) is 21.2 Å². The minimum absolute atomic E-state index is 0.00692. The molecule has 2 aromatic rings. The van der Waals surface area contributed by atoms with E-state index in [4.69, 9.17) is 5.73 Å². The third kappa shape index (κ3) is 3.14. The Morgan fingerprint density at radius 2 is 1.80 bits per heavy atom. The zero-order valence-corrected chi connectivity index (χ0v) is 11.9. The fourth-order valence-electron chi connectivity index (χ4n) is 1.67. The summed E-state index contributed by atoms with van der Waals surface area (Å²) >= 11 is 3.01. The summed E-state index contributed by atoms with van der Waals surface area (Å²) in [5.74, 6) is -1.78. The molecule has 104 valence electrons. The smallest absolute Gasteiger partial charge is 0.248 e. The Morgan fingerprint density at radius 3 is 2.40 bits per heavy atom. The van der Waals surface area contributed by atoms with Gasteiger partial charge in [0, 0.05) is 23.4 Å². The number of nitrogens with two attached hydrogens (primary N) is 1. The van der Waals surface area contributed by atoms with Gasteiger partial charge in [-0.2, -0.15) is 0 Å². The summed E-state index contributed by atoms with van der Waals surface area (Å²) in [4.78, 5) is 10.9. The van der Waals surface area contributed by atoms with Gasteiger partial charge in [-0.1, -0.05) is 0 Å². The first-order valence-corrected chi connectivity index (χ1v) is 6.54. The van der Waals surface area contributed by atoms with Gasteiger partial charge >= 0.3 is 0 Å². The normalized spacial score (nSPS) is 10.3. The van der Waals surface area contributed by atoms with Crippen LogP contribution in [-0.2, 0) is 6.54 Å². The molecule has 3 nitrogen and oxygen atoms in total. The van der Waals surface area contributed by atoms with Crippen LogP contribution in [0.25, 0.3) is 0 Å². The molecule has 0 aliphatic carbocycles. The Bertz CT molecular complexity index is 644. The molecule has 0 bridgehead atoms. The molecule has 1 amide bonds. The highest BCUT2D eigenvalue weighted by Gasteiger charge is 2.12. The van der Waals surface area contributed by atoms with Crippen LogP contribution >= 0.6 is 15.9 Å². The van der Waals surface area contributed by atoms with Crippen molar-refractivity contribution >= 4 is 27.5 Å². The highest BCUT2D eigenvalue weighted by Crippen LogP contribution is 2.22. The van der Waals surface area contributed by atoms with Crippen LogP contribution in [0.3, 0.4) is 0 Å². The Hall–Kier alpha value is -1.95. The highest BCUT2D eigenvalue weighted by atomic mass is 79.9. The SMILES string of the molecule is NC(=O)c1ccc(NCc2c(F)ccc(Br)c2F)cc1. The first-order chi connectivity index (χ1) is 9.49. The molecule has 20 heavy (non-hydrogen) atoms. The number of hydrogen-bond acceptors (Lipinski definition) is 2. The maximum absolute atomic E-state index is 13.7. The van der Waals surface area contributed by atoms with Gasteiger partial charge in [-0.25, -0.2) is 8.78 Å². The summed E-state index contributed by atoms with van der Waals surface area (Å²) in [7, 11) is 0. The van der Waals surface area contributed by atoms with Crippen molar-refractivity contribution in [1.82, 2.24) is 0 Å². The molecule has 3 N–H and O–H groups in total. The lowest BCUT2D eigenvalue weighted by molar-refractivity contribution is 0.100. The van der Waals surface area contributed by atoms with Gasteiger partial charge in [0.15, 0.2) is 0 Å². The third-order valence-corrected chi connectivity index (χ3v) is 3.39. The van der Waals surface area contributed by atoms with Crippen molar-refractivity contribution in [3.8, 4) is 0 Å². The van der Waals surface area contributed by atoms with E-state index in [0.29, 0.717) is 11.3 Å². The highest BCUT2D eigenvalue weighted by molar-refractivity contribution is 9.10. The maximum atomic E-state index is 13.7. The number of rotatable bonds is 4. The average molecular weight is 341 g/mol. The Morgan fingerprint density at radius 1 is 1.15 bits per heavy atom. The van der Waals surface area contributed by atoms with Gasteiger partial charge in [-0.15, -0.1) is 0 Å². The summed E-state index contributed by atoms with van der Waals surface area (Å²) in [6.45, 7) is -0.00692. The number of halogens is 3. The Balaban J connectivity index is 2.13. The van der Waals surface area contributed by atoms with Crippen molar-refractivity contribution in [2.45, 2.75) is 6.54 Å². The van der Waals surface area contributed by atoms with Crippen LogP contribution < -0.4 is 11.1 Å². The molecule has 0 heterocycles. The monoisotopic (exact) mass is 340 g/mol. The van der Waals surface area contributed by atoms with Crippen LogP contribution in [0.5, 0.6) is 0 Å². The van der Waals surface area contributed by atoms with Crippen LogP contribution in [-0.4, -0.2) is 5.91 Å². The number of carbonyl (C=O) groups is 1. The molecule has 0 aliphatic heterocycles. The number of anilines is 1. The fourth-order valence-corrected chi connectivity index (χ4v) is 2.05. The third-order valence-electron chi connectivity index (χ3n) is 2.78. The number of benzene rings is 2. The second-order valence-electron chi connectivity index (χ2n) is 4.12. The van der Waals surface area contributed by atoms with Crippen molar-refractivity contribution < 1.29 is 13.6 Å². The van der Waals surface area contributed by atoms with E-state index < -0.39 is 17.5 Å². The van der Waals surface area contributed by atoms with Crippen LogP contribution in [0.15, 0.2) is 40.9 Å². The Labute approximate surface area is 122 Å². The van der Waals surface area contributed by atoms with E-state index in [9.17, 15) is 13.6 Å². The topological polar surface area (TPSA) is 55.1 Å². The standard InChI is InChI=1S/C14H11BrF2N2O/c15-11-5-6-12(16)10(13(11)17)7-19-9-3-1-8(2-4-9)14(18)20/h1-6,19H,7H2,(H2,18,20). The van der Waals surface area contributed by atoms with Gasteiger partial charge in [0.25, 0.3) is 0 Å². The van der Waals surface area contributed by atoms with Crippen molar-refractivity contribution in [2.75, 3.05) is 5.32 Å². The van der Waals surface area contributed by atoms with Crippen LogP contribution in [0.4, 0.5) is 14.5 Å². The van der Waals surface area contributed by atoms with Gasteiger partial charge in [0.05, 0.1) is 4.47 Å². The Kier molecular flexibility index (Phi) is 4.34.